The van der Waals surface area contributed by atoms with Gasteiger partial charge in [-0.15, -0.1) is 0 Å². The molecule has 0 fully saturated rings. The number of benzene rings is 2. The van der Waals surface area contributed by atoms with Gasteiger partial charge in [0.2, 0.25) is 0 Å². The summed E-state index contributed by atoms with van der Waals surface area (Å²) in [6, 6.07) is 10.0. The lowest BCUT2D eigenvalue weighted by molar-refractivity contribution is 0.0734. The Morgan fingerprint density at radius 2 is 1.57 bits per heavy atom. The molecule has 0 radical (unpaired) electrons. The predicted molar refractivity (Wildman–Crippen MR) is 107 cm³/mol. The van der Waals surface area contributed by atoms with E-state index in [0.29, 0.717) is 17.9 Å². The second-order valence-electron chi connectivity index (χ2n) is 6.45. The average molecular weight is 407 g/mol. The summed E-state index contributed by atoms with van der Waals surface area (Å²) in [5.74, 6) is -0.802. The van der Waals surface area contributed by atoms with Gasteiger partial charge in [0.25, 0.3) is 5.24 Å². The third-order valence-electron chi connectivity index (χ3n) is 4.22. The molecule has 0 N–H and O–H groups in total. The Kier molecular flexibility index (Phi) is 8.95. The molecule has 0 atom stereocenters. The smallest absolute Gasteiger partial charge is 0.343 e. The van der Waals surface area contributed by atoms with E-state index in [1.54, 1.807) is 24.3 Å². The molecule has 0 saturated carbocycles. The van der Waals surface area contributed by atoms with Gasteiger partial charge < -0.3 is 9.47 Å². The first-order valence-electron chi connectivity index (χ1n) is 9.45. The van der Waals surface area contributed by atoms with E-state index in [0.717, 1.165) is 18.9 Å². The van der Waals surface area contributed by atoms with Crippen LogP contribution in [0, 0.1) is 5.82 Å². The van der Waals surface area contributed by atoms with Crippen molar-refractivity contribution in [1.82, 2.24) is 0 Å². The summed E-state index contributed by atoms with van der Waals surface area (Å²) in [4.78, 5) is 23.2. The SMILES string of the molecule is CCCCCCCCOc1ccc(C(=O)Oc2ccc(C(=O)Cl)c(F)c2)cc1. The zero-order chi connectivity index (χ0) is 20.4. The summed E-state index contributed by atoms with van der Waals surface area (Å²) in [6.07, 6.45) is 7.15. The topological polar surface area (TPSA) is 52.6 Å². The molecule has 2 aromatic carbocycles. The number of ether oxygens (including phenoxy) is 2. The van der Waals surface area contributed by atoms with Crippen molar-refractivity contribution in [2.45, 2.75) is 45.4 Å². The number of hydrogen-bond donors (Lipinski definition) is 0. The van der Waals surface area contributed by atoms with E-state index in [-0.39, 0.29) is 11.3 Å². The highest BCUT2D eigenvalue weighted by Crippen LogP contribution is 2.20. The van der Waals surface area contributed by atoms with Crippen LogP contribution in [0.4, 0.5) is 4.39 Å². The van der Waals surface area contributed by atoms with Crippen LogP contribution in [-0.4, -0.2) is 17.8 Å². The van der Waals surface area contributed by atoms with Gasteiger partial charge in [-0.2, -0.15) is 0 Å². The van der Waals surface area contributed by atoms with Crippen molar-refractivity contribution in [3.63, 3.8) is 0 Å². The van der Waals surface area contributed by atoms with Crippen LogP contribution >= 0.6 is 11.6 Å². The normalized spacial score (nSPS) is 10.5. The molecule has 150 valence electrons. The van der Waals surface area contributed by atoms with E-state index in [9.17, 15) is 14.0 Å². The minimum absolute atomic E-state index is 0.00688. The zero-order valence-electron chi connectivity index (χ0n) is 15.9. The van der Waals surface area contributed by atoms with Gasteiger partial charge in [-0.25, -0.2) is 9.18 Å². The fourth-order valence-electron chi connectivity index (χ4n) is 2.64. The Morgan fingerprint density at radius 1 is 0.929 bits per heavy atom. The highest BCUT2D eigenvalue weighted by atomic mass is 35.5. The Morgan fingerprint density at radius 3 is 2.21 bits per heavy atom. The molecule has 0 bridgehead atoms. The first kappa shape index (κ1) is 21.9. The number of carbonyl (C=O) groups excluding carboxylic acids is 2. The van der Waals surface area contributed by atoms with E-state index < -0.39 is 17.0 Å². The van der Waals surface area contributed by atoms with E-state index in [1.807, 2.05) is 0 Å². The standard InChI is InChI=1S/C22H24ClFO4/c1-2-3-4-5-6-7-14-27-17-10-8-16(9-11-17)22(26)28-18-12-13-19(21(23)25)20(24)15-18/h8-13,15H,2-7,14H2,1H3. The highest BCUT2D eigenvalue weighted by molar-refractivity contribution is 6.67. The van der Waals surface area contributed by atoms with Gasteiger partial charge in [-0.1, -0.05) is 39.0 Å². The van der Waals surface area contributed by atoms with Gasteiger partial charge >= 0.3 is 5.97 Å². The van der Waals surface area contributed by atoms with Crippen LogP contribution < -0.4 is 9.47 Å². The number of unbranched alkanes of at least 4 members (excludes halogenated alkanes) is 5. The van der Waals surface area contributed by atoms with Crippen LogP contribution in [0.25, 0.3) is 0 Å². The zero-order valence-corrected chi connectivity index (χ0v) is 16.6. The van der Waals surface area contributed by atoms with Crippen molar-refractivity contribution in [2.75, 3.05) is 6.61 Å². The molecule has 0 heterocycles. The lowest BCUT2D eigenvalue weighted by Gasteiger charge is -2.08. The van der Waals surface area contributed by atoms with E-state index in [2.05, 4.69) is 6.92 Å². The third kappa shape index (κ3) is 6.97. The summed E-state index contributed by atoms with van der Waals surface area (Å²) < 4.78 is 24.5. The summed E-state index contributed by atoms with van der Waals surface area (Å²) in [6.45, 7) is 2.83. The molecule has 0 aliphatic heterocycles. The minimum atomic E-state index is -0.910. The molecule has 6 heteroatoms. The molecule has 0 aromatic heterocycles. The average Bonchev–Trinajstić information content (AvgIpc) is 2.67. The van der Waals surface area contributed by atoms with Crippen molar-refractivity contribution in [2.24, 2.45) is 0 Å². The van der Waals surface area contributed by atoms with E-state index >= 15 is 0 Å². The fourth-order valence-corrected chi connectivity index (χ4v) is 2.80. The molecule has 2 aromatic rings. The molecule has 2 rings (SSSR count). The molecule has 0 aliphatic rings. The largest absolute Gasteiger partial charge is 0.494 e. The van der Waals surface area contributed by atoms with Crippen molar-refractivity contribution in [3.8, 4) is 11.5 Å². The van der Waals surface area contributed by atoms with Crippen LogP contribution in [-0.2, 0) is 0 Å². The second kappa shape index (κ2) is 11.4. The Labute approximate surface area is 169 Å². The summed E-state index contributed by atoms with van der Waals surface area (Å²) in [5, 5.41) is -0.910. The van der Waals surface area contributed by atoms with Gasteiger partial charge in [0.05, 0.1) is 17.7 Å². The molecular weight excluding hydrogens is 383 g/mol. The summed E-state index contributed by atoms with van der Waals surface area (Å²) in [5.41, 5.74) is 0.0400. The number of carbonyl (C=O) groups is 2. The summed E-state index contributed by atoms with van der Waals surface area (Å²) >= 11 is 5.25. The van der Waals surface area contributed by atoms with Crippen LogP contribution in [0.5, 0.6) is 11.5 Å². The van der Waals surface area contributed by atoms with Crippen LogP contribution in [0.3, 0.4) is 0 Å². The second-order valence-corrected chi connectivity index (χ2v) is 6.79. The lowest BCUT2D eigenvalue weighted by Crippen LogP contribution is -2.09. The van der Waals surface area contributed by atoms with Crippen molar-refractivity contribution in [3.05, 3.63) is 59.4 Å². The molecule has 0 aliphatic carbocycles. The van der Waals surface area contributed by atoms with Crippen molar-refractivity contribution in [1.29, 1.82) is 0 Å². The van der Waals surface area contributed by atoms with E-state index in [1.165, 1.54) is 37.8 Å². The lowest BCUT2D eigenvalue weighted by atomic mass is 10.1. The van der Waals surface area contributed by atoms with Crippen molar-refractivity contribution < 1.29 is 23.5 Å². The van der Waals surface area contributed by atoms with Crippen LogP contribution in [0.2, 0.25) is 0 Å². The molecule has 0 unspecified atom stereocenters. The number of hydrogen-bond acceptors (Lipinski definition) is 4. The van der Waals surface area contributed by atoms with Crippen molar-refractivity contribution >= 4 is 22.8 Å². The van der Waals surface area contributed by atoms with E-state index in [4.69, 9.17) is 21.1 Å². The monoisotopic (exact) mass is 406 g/mol. The van der Waals surface area contributed by atoms with Gasteiger partial charge in [-0.3, -0.25) is 4.79 Å². The third-order valence-corrected chi connectivity index (χ3v) is 4.42. The maximum absolute atomic E-state index is 13.7. The summed E-state index contributed by atoms with van der Waals surface area (Å²) in [7, 11) is 0. The number of halogens is 2. The first-order chi connectivity index (χ1) is 13.5. The molecule has 0 amide bonds. The molecule has 4 nitrogen and oxygen atoms in total. The Balaban J connectivity index is 1.81. The predicted octanol–water partition coefficient (Wildman–Crippen LogP) is 6.16. The van der Waals surface area contributed by atoms with Gasteiger partial charge in [0, 0.05) is 6.07 Å². The fraction of sp³-hybridized carbons (Fsp3) is 0.364. The molecule has 0 saturated heterocycles. The highest BCUT2D eigenvalue weighted by Gasteiger charge is 2.13. The molecule has 28 heavy (non-hydrogen) atoms. The molecular formula is C22H24ClFO4. The number of esters is 1. The quantitative estimate of drug-likeness (QED) is 0.194. The van der Waals surface area contributed by atoms with Gasteiger partial charge in [-0.05, 0) is 54.4 Å². The first-order valence-corrected chi connectivity index (χ1v) is 9.83. The van der Waals surface area contributed by atoms with Gasteiger partial charge in [0.15, 0.2) is 0 Å². The molecule has 0 spiro atoms. The Hall–Kier alpha value is -2.40. The van der Waals surface area contributed by atoms with Crippen LogP contribution in [0.1, 0.15) is 66.2 Å². The Bertz CT molecular complexity index is 790. The van der Waals surface area contributed by atoms with Gasteiger partial charge in [0.1, 0.15) is 17.3 Å². The number of rotatable bonds is 11. The van der Waals surface area contributed by atoms with Crippen LogP contribution in [0.15, 0.2) is 42.5 Å². The minimum Gasteiger partial charge on any atom is -0.494 e. The maximum Gasteiger partial charge on any atom is 0.343 e. The maximum atomic E-state index is 13.7.